The molecule has 1 unspecified atom stereocenters. The normalized spacial score (nSPS) is 16.1. The molecule has 0 spiro atoms. The lowest BCUT2D eigenvalue weighted by atomic mass is 9.97. The van der Waals surface area contributed by atoms with Gasteiger partial charge in [-0.15, -0.1) is 0 Å². The van der Waals surface area contributed by atoms with Crippen molar-refractivity contribution in [2.45, 2.75) is 33.4 Å². The van der Waals surface area contributed by atoms with E-state index in [1.807, 2.05) is 47.4 Å². The van der Waals surface area contributed by atoms with Crippen LogP contribution in [0.3, 0.4) is 0 Å². The Bertz CT molecular complexity index is 1030. The Kier molecular flexibility index (Phi) is 5.43. The zero-order chi connectivity index (χ0) is 20.4. The molecule has 1 atom stereocenters. The topological polar surface area (TPSA) is 41.6 Å². The smallest absolute Gasteiger partial charge is 0.257 e. The van der Waals surface area contributed by atoms with E-state index in [0.717, 1.165) is 39.8 Å². The molecule has 1 heterocycles. The van der Waals surface area contributed by atoms with E-state index in [1.165, 1.54) is 0 Å². The average molecular weight is 389 g/mol. The summed E-state index contributed by atoms with van der Waals surface area (Å²) in [5, 5.41) is 5.88. The molecular weight excluding hydrogens is 360 g/mol. The molecule has 4 rings (SSSR count). The largest absolute Gasteiger partial charge is 0.493 e. The maximum Gasteiger partial charge on any atom is 0.257 e. The number of hydrogen-bond acceptors (Lipinski definition) is 3. The molecule has 3 aromatic carbocycles. The maximum atomic E-state index is 13.3. The predicted molar refractivity (Wildman–Crippen MR) is 118 cm³/mol. The van der Waals surface area contributed by atoms with E-state index in [0.29, 0.717) is 19.1 Å². The Labute approximate surface area is 172 Å². The molecule has 0 aliphatic carbocycles. The van der Waals surface area contributed by atoms with Gasteiger partial charge >= 0.3 is 0 Å². The van der Waals surface area contributed by atoms with Crippen LogP contribution in [0.15, 0.2) is 60.7 Å². The molecule has 4 heteroatoms. The zero-order valence-electron chi connectivity index (χ0n) is 17.3. The first-order chi connectivity index (χ1) is 14.1. The maximum absolute atomic E-state index is 13.3. The molecule has 0 saturated heterocycles. The third kappa shape index (κ3) is 3.67. The number of para-hydroxylation sites is 1. The SMILES string of the molecule is CCCN1C(=O)c2ccccc2NC1c1c(OCC(C)C)ccc2ccccc12. The minimum absolute atomic E-state index is 0.0638. The second kappa shape index (κ2) is 8.16. The van der Waals surface area contributed by atoms with E-state index < -0.39 is 0 Å². The van der Waals surface area contributed by atoms with Gasteiger partial charge in [-0.1, -0.05) is 63.2 Å². The molecule has 0 aromatic heterocycles. The first-order valence-corrected chi connectivity index (χ1v) is 10.4. The number of ether oxygens (including phenoxy) is 1. The number of amides is 1. The number of nitrogens with zero attached hydrogens (tertiary/aromatic N) is 1. The first kappa shape index (κ1) is 19.3. The summed E-state index contributed by atoms with van der Waals surface area (Å²) in [4.78, 5) is 15.3. The lowest BCUT2D eigenvalue weighted by Crippen LogP contribution is -2.43. The molecule has 0 radical (unpaired) electrons. The zero-order valence-corrected chi connectivity index (χ0v) is 17.3. The summed E-state index contributed by atoms with van der Waals surface area (Å²) in [7, 11) is 0. The van der Waals surface area contributed by atoms with Crippen molar-refractivity contribution in [1.29, 1.82) is 0 Å². The molecule has 150 valence electrons. The van der Waals surface area contributed by atoms with Gasteiger partial charge in [0, 0.05) is 17.8 Å². The number of fused-ring (bicyclic) bond motifs is 2. The van der Waals surface area contributed by atoms with Crippen LogP contribution in [0.5, 0.6) is 5.75 Å². The molecule has 3 aromatic rings. The summed E-state index contributed by atoms with van der Waals surface area (Å²) in [6.45, 7) is 7.70. The van der Waals surface area contributed by atoms with Crippen LogP contribution in [-0.2, 0) is 0 Å². The Morgan fingerprint density at radius 3 is 2.59 bits per heavy atom. The quantitative estimate of drug-likeness (QED) is 0.576. The van der Waals surface area contributed by atoms with Crippen molar-refractivity contribution >= 4 is 22.4 Å². The van der Waals surface area contributed by atoms with E-state index in [9.17, 15) is 4.79 Å². The molecule has 0 saturated carbocycles. The Morgan fingerprint density at radius 2 is 1.79 bits per heavy atom. The minimum Gasteiger partial charge on any atom is -0.493 e. The minimum atomic E-state index is -0.273. The fourth-order valence-electron chi connectivity index (χ4n) is 3.93. The number of nitrogens with one attached hydrogen (secondary N) is 1. The van der Waals surface area contributed by atoms with E-state index in [2.05, 4.69) is 44.3 Å². The second-order valence-electron chi connectivity index (χ2n) is 7.99. The molecule has 1 aliphatic rings. The van der Waals surface area contributed by atoms with Gasteiger partial charge in [-0.3, -0.25) is 4.79 Å². The van der Waals surface area contributed by atoms with Crippen LogP contribution in [0.2, 0.25) is 0 Å². The third-order valence-corrected chi connectivity index (χ3v) is 5.26. The molecule has 0 fully saturated rings. The van der Waals surface area contributed by atoms with Gasteiger partial charge in [0.15, 0.2) is 0 Å². The molecule has 4 nitrogen and oxygen atoms in total. The van der Waals surface area contributed by atoms with Gasteiger partial charge in [0.1, 0.15) is 11.9 Å². The van der Waals surface area contributed by atoms with Crippen LogP contribution in [0.1, 0.15) is 49.3 Å². The number of anilines is 1. The van der Waals surface area contributed by atoms with Gasteiger partial charge in [-0.05, 0) is 41.3 Å². The van der Waals surface area contributed by atoms with Crippen LogP contribution in [-0.4, -0.2) is 24.0 Å². The Hall–Kier alpha value is -3.01. The highest BCUT2D eigenvalue weighted by Crippen LogP contribution is 2.40. The summed E-state index contributed by atoms with van der Waals surface area (Å²) in [6, 6.07) is 20.2. The van der Waals surface area contributed by atoms with E-state index in [4.69, 9.17) is 4.74 Å². The monoisotopic (exact) mass is 388 g/mol. The lowest BCUT2D eigenvalue weighted by molar-refractivity contribution is 0.0681. The fraction of sp³-hybridized carbons (Fsp3) is 0.320. The van der Waals surface area contributed by atoms with Crippen LogP contribution < -0.4 is 10.1 Å². The van der Waals surface area contributed by atoms with Gasteiger partial charge in [-0.2, -0.15) is 0 Å². The van der Waals surface area contributed by atoms with E-state index in [-0.39, 0.29) is 12.1 Å². The van der Waals surface area contributed by atoms with Gasteiger partial charge in [0.2, 0.25) is 0 Å². The summed E-state index contributed by atoms with van der Waals surface area (Å²) in [5.41, 5.74) is 2.62. The van der Waals surface area contributed by atoms with Crippen molar-refractivity contribution in [3.63, 3.8) is 0 Å². The van der Waals surface area contributed by atoms with Crippen molar-refractivity contribution < 1.29 is 9.53 Å². The van der Waals surface area contributed by atoms with E-state index in [1.54, 1.807) is 0 Å². The highest BCUT2D eigenvalue weighted by atomic mass is 16.5. The second-order valence-corrected chi connectivity index (χ2v) is 7.99. The molecule has 1 amide bonds. The number of rotatable bonds is 6. The van der Waals surface area contributed by atoms with Crippen molar-refractivity contribution in [3.05, 3.63) is 71.8 Å². The fourth-order valence-corrected chi connectivity index (χ4v) is 3.93. The van der Waals surface area contributed by atoms with Gasteiger partial charge in [-0.25, -0.2) is 0 Å². The number of carbonyl (C=O) groups excluding carboxylic acids is 1. The molecule has 1 N–H and O–H groups in total. The van der Waals surface area contributed by atoms with Crippen molar-refractivity contribution in [1.82, 2.24) is 4.90 Å². The standard InChI is InChI=1S/C25H28N2O2/c1-4-15-27-24(26-21-12-8-7-11-20(21)25(27)28)23-19-10-6-5-9-18(19)13-14-22(23)29-16-17(2)3/h5-14,17,24,26H,4,15-16H2,1-3H3. The first-order valence-electron chi connectivity index (χ1n) is 10.4. The summed E-state index contributed by atoms with van der Waals surface area (Å²) < 4.78 is 6.23. The van der Waals surface area contributed by atoms with Crippen molar-refractivity contribution in [3.8, 4) is 5.75 Å². The average Bonchev–Trinajstić information content (AvgIpc) is 2.74. The molecule has 29 heavy (non-hydrogen) atoms. The Balaban J connectivity index is 1.89. The summed E-state index contributed by atoms with van der Waals surface area (Å²) >= 11 is 0. The third-order valence-electron chi connectivity index (χ3n) is 5.26. The van der Waals surface area contributed by atoms with Gasteiger partial charge in [0.25, 0.3) is 5.91 Å². The lowest BCUT2D eigenvalue weighted by Gasteiger charge is -2.39. The molecule has 1 aliphatic heterocycles. The number of hydrogen-bond donors (Lipinski definition) is 1. The van der Waals surface area contributed by atoms with Gasteiger partial charge in [0.05, 0.1) is 12.2 Å². The predicted octanol–water partition coefficient (Wildman–Crippen LogP) is 5.85. The van der Waals surface area contributed by atoms with Crippen LogP contribution in [0.4, 0.5) is 5.69 Å². The molecule has 0 bridgehead atoms. The summed E-state index contributed by atoms with van der Waals surface area (Å²) in [5.74, 6) is 1.32. The van der Waals surface area contributed by atoms with Crippen LogP contribution in [0.25, 0.3) is 10.8 Å². The highest BCUT2D eigenvalue weighted by Gasteiger charge is 2.34. The van der Waals surface area contributed by atoms with Crippen LogP contribution in [0, 0.1) is 5.92 Å². The van der Waals surface area contributed by atoms with Crippen molar-refractivity contribution in [2.24, 2.45) is 5.92 Å². The summed E-state index contributed by atoms with van der Waals surface area (Å²) in [6.07, 6.45) is 0.615. The van der Waals surface area contributed by atoms with Crippen molar-refractivity contribution in [2.75, 3.05) is 18.5 Å². The molecular formula is C25H28N2O2. The highest BCUT2D eigenvalue weighted by molar-refractivity contribution is 6.02. The number of carbonyl (C=O) groups is 1. The Morgan fingerprint density at radius 1 is 1.03 bits per heavy atom. The van der Waals surface area contributed by atoms with Crippen LogP contribution >= 0.6 is 0 Å². The number of benzene rings is 3. The van der Waals surface area contributed by atoms with E-state index >= 15 is 0 Å². The van der Waals surface area contributed by atoms with Gasteiger partial charge < -0.3 is 15.0 Å².